The van der Waals surface area contributed by atoms with Crippen molar-refractivity contribution >= 4 is 41.6 Å². The molecule has 6 heteroatoms. The Hall–Kier alpha value is -0.480. The molecule has 1 atom stereocenters. The molecule has 90 valence electrons. The highest BCUT2D eigenvalue weighted by Crippen LogP contribution is 2.23. The van der Waals surface area contributed by atoms with E-state index in [1.54, 1.807) is 18.2 Å². The molecule has 1 aromatic carbocycles. The van der Waals surface area contributed by atoms with Crippen LogP contribution in [0, 0.1) is 5.92 Å². The van der Waals surface area contributed by atoms with E-state index in [1.165, 1.54) is 0 Å². The normalized spacial score (nSPS) is 11.7. The van der Waals surface area contributed by atoms with Crippen LogP contribution >= 0.6 is 35.6 Å². The molecule has 3 nitrogen and oxygen atoms in total. The van der Waals surface area contributed by atoms with E-state index in [-0.39, 0.29) is 19.0 Å². The fourth-order valence-electron chi connectivity index (χ4n) is 1.24. The minimum atomic E-state index is -0.923. The third kappa shape index (κ3) is 4.18. The fourth-order valence-corrected chi connectivity index (χ4v) is 1.63. The van der Waals surface area contributed by atoms with E-state index in [0.29, 0.717) is 22.0 Å². The van der Waals surface area contributed by atoms with Gasteiger partial charge in [-0.2, -0.15) is 0 Å². The lowest BCUT2D eigenvalue weighted by molar-refractivity contribution is -0.141. The van der Waals surface area contributed by atoms with E-state index >= 15 is 0 Å². The molecule has 1 rings (SSSR count). The number of nitrogens with two attached hydrogens (primary N) is 1. The van der Waals surface area contributed by atoms with Crippen molar-refractivity contribution in [1.82, 2.24) is 0 Å². The second-order valence-corrected chi connectivity index (χ2v) is 4.05. The van der Waals surface area contributed by atoms with Gasteiger partial charge in [0.05, 0.1) is 5.92 Å². The quantitative estimate of drug-likeness (QED) is 0.893. The van der Waals surface area contributed by atoms with Crippen LogP contribution in [-0.2, 0) is 11.2 Å². The van der Waals surface area contributed by atoms with E-state index in [2.05, 4.69) is 0 Å². The first-order valence-electron chi connectivity index (χ1n) is 4.41. The summed E-state index contributed by atoms with van der Waals surface area (Å²) in [6.07, 6.45) is 0.297. The van der Waals surface area contributed by atoms with Crippen molar-refractivity contribution in [2.45, 2.75) is 6.42 Å². The summed E-state index contributed by atoms with van der Waals surface area (Å²) in [4.78, 5) is 10.8. The number of aliphatic carboxylic acids is 1. The fraction of sp³-hybridized carbons (Fsp3) is 0.300. The molecule has 0 radical (unpaired) electrons. The standard InChI is InChI=1S/C10H11Cl2NO2.ClH/c11-8-1-2-9(12)6(4-8)3-7(5-13)10(14)15;/h1-2,4,7H,3,5,13H2,(H,14,15);1H/t7-;/m0./s1. The number of halogens is 3. The zero-order chi connectivity index (χ0) is 11.4. The van der Waals surface area contributed by atoms with Gasteiger partial charge in [0.25, 0.3) is 0 Å². The number of carboxylic acid groups (broad SMARTS) is 1. The highest BCUT2D eigenvalue weighted by molar-refractivity contribution is 6.33. The van der Waals surface area contributed by atoms with Gasteiger partial charge in [-0.05, 0) is 30.2 Å². The molecule has 0 saturated carbocycles. The Bertz CT molecular complexity index is 371. The van der Waals surface area contributed by atoms with Crippen LogP contribution < -0.4 is 5.73 Å². The molecule has 16 heavy (non-hydrogen) atoms. The molecule has 0 aliphatic heterocycles. The van der Waals surface area contributed by atoms with Crippen molar-refractivity contribution in [3.05, 3.63) is 33.8 Å². The Morgan fingerprint density at radius 3 is 2.56 bits per heavy atom. The molecule has 0 fully saturated rings. The maximum absolute atomic E-state index is 10.8. The summed E-state index contributed by atoms with van der Waals surface area (Å²) in [5.74, 6) is -1.55. The lowest BCUT2D eigenvalue weighted by atomic mass is 10.00. The van der Waals surface area contributed by atoms with Crippen LogP contribution in [-0.4, -0.2) is 17.6 Å². The highest BCUT2D eigenvalue weighted by atomic mass is 35.5. The van der Waals surface area contributed by atoms with Crippen LogP contribution in [0.4, 0.5) is 0 Å². The van der Waals surface area contributed by atoms with Gasteiger partial charge in [-0.1, -0.05) is 23.2 Å². The third-order valence-electron chi connectivity index (χ3n) is 2.11. The monoisotopic (exact) mass is 283 g/mol. The summed E-state index contributed by atoms with van der Waals surface area (Å²) in [7, 11) is 0. The Balaban J connectivity index is 0.00000225. The van der Waals surface area contributed by atoms with E-state index in [0.717, 1.165) is 0 Å². The van der Waals surface area contributed by atoms with Crippen molar-refractivity contribution in [3.8, 4) is 0 Å². The Morgan fingerprint density at radius 2 is 2.06 bits per heavy atom. The van der Waals surface area contributed by atoms with Crippen molar-refractivity contribution in [1.29, 1.82) is 0 Å². The number of hydrogen-bond donors (Lipinski definition) is 2. The van der Waals surface area contributed by atoms with Gasteiger partial charge in [0.15, 0.2) is 0 Å². The first-order valence-corrected chi connectivity index (χ1v) is 5.17. The summed E-state index contributed by atoms with van der Waals surface area (Å²) in [6, 6.07) is 4.97. The average molecular weight is 285 g/mol. The summed E-state index contributed by atoms with van der Waals surface area (Å²) in [6.45, 7) is 0.0815. The van der Waals surface area contributed by atoms with E-state index in [4.69, 9.17) is 34.0 Å². The zero-order valence-electron chi connectivity index (χ0n) is 8.32. The third-order valence-corrected chi connectivity index (χ3v) is 2.71. The molecule has 0 heterocycles. The van der Waals surface area contributed by atoms with Crippen LogP contribution in [0.3, 0.4) is 0 Å². The first kappa shape index (κ1) is 15.5. The topological polar surface area (TPSA) is 63.3 Å². The van der Waals surface area contributed by atoms with Crippen molar-refractivity contribution in [2.75, 3.05) is 6.54 Å². The molecule has 0 spiro atoms. The van der Waals surface area contributed by atoms with Gasteiger partial charge in [-0.3, -0.25) is 4.79 Å². The predicted molar refractivity (Wildman–Crippen MR) is 67.6 cm³/mol. The average Bonchev–Trinajstić information content (AvgIpc) is 2.18. The minimum absolute atomic E-state index is 0. The van der Waals surface area contributed by atoms with Gasteiger partial charge in [-0.25, -0.2) is 0 Å². The first-order chi connectivity index (χ1) is 7.04. The molecule has 0 amide bonds. The second kappa shape index (κ2) is 6.97. The van der Waals surface area contributed by atoms with Gasteiger partial charge >= 0.3 is 5.97 Å². The van der Waals surface area contributed by atoms with Gasteiger partial charge in [0.2, 0.25) is 0 Å². The molecule has 0 aromatic heterocycles. The Labute approximate surface area is 110 Å². The molecule has 0 aliphatic rings. The molecule has 0 aliphatic carbocycles. The van der Waals surface area contributed by atoms with Gasteiger partial charge in [0.1, 0.15) is 0 Å². The van der Waals surface area contributed by atoms with Crippen LogP contribution in [0.2, 0.25) is 10.0 Å². The summed E-state index contributed by atoms with van der Waals surface area (Å²) in [5, 5.41) is 9.89. The molecule has 1 aromatic rings. The summed E-state index contributed by atoms with van der Waals surface area (Å²) < 4.78 is 0. The van der Waals surface area contributed by atoms with E-state index in [9.17, 15) is 4.79 Å². The van der Waals surface area contributed by atoms with E-state index in [1.807, 2.05) is 0 Å². The van der Waals surface area contributed by atoms with Crippen molar-refractivity contribution in [3.63, 3.8) is 0 Å². The molecule has 0 saturated heterocycles. The Morgan fingerprint density at radius 1 is 1.44 bits per heavy atom. The second-order valence-electron chi connectivity index (χ2n) is 3.21. The number of carboxylic acids is 1. The summed E-state index contributed by atoms with van der Waals surface area (Å²) in [5.41, 5.74) is 6.06. The largest absolute Gasteiger partial charge is 0.481 e. The number of benzene rings is 1. The number of hydrogen-bond acceptors (Lipinski definition) is 2. The maximum Gasteiger partial charge on any atom is 0.308 e. The van der Waals surface area contributed by atoms with Crippen LogP contribution in [0.1, 0.15) is 5.56 Å². The SMILES string of the molecule is Cl.NC[C@H](Cc1cc(Cl)ccc1Cl)C(=O)O. The Kier molecular flexibility index (Phi) is 6.76. The smallest absolute Gasteiger partial charge is 0.308 e. The number of rotatable bonds is 4. The summed E-state index contributed by atoms with van der Waals surface area (Å²) >= 11 is 11.7. The maximum atomic E-state index is 10.8. The number of carbonyl (C=O) groups is 1. The molecule has 0 bridgehead atoms. The van der Waals surface area contributed by atoms with Crippen LogP contribution in [0.5, 0.6) is 0 Å². The molecular formula is C10H12Cl3NO2. The minimum Gasteiger partial charge on any atom is -0.481 e. The highest BCUT2D eigenvalue weighted by Gasteiger charge is 2.17. The van der Waals surface area contributed by atoms with Crippen LogP contribution in [0.15, 0.2) is 18.2 Å². The predicted octanol–water partition coefficient (Wildman–Crippen LogP) is 2.62. The molecular weight excluding hydrogens is 272 g/mol. The molecule has 3 N–H and O–H groups in total. The molecule has 0 unspecified atom stereocenters. The van der Waals surface area contributed by atoms with E-state index < -0.39 is 11.9 Å². The van der Waals surface area contributed by atoms with Crippen LogP contribution in [0.25, 0.3) is 0 Å². The lowest BCUT2D eigenvalue weighted by Gasteiger charge is -2.11. The zero-order valence-corrected chi connectivity index (χ0v) is 10.6. The van der Waals surface area contributed by atoms with Gasteiger partial charge < -0.3 is 10.8 Å². The lowest BCUT2D eigenvalue weighted by Crippen LogP contribution is -2.25. The van der Waals surface area contributed by atoms with Crippen molar-refractivity contribution < 1.29 is 9.90 Å². The van der Waals surface area contributed by atoms with Gasteiger partial charge in [0, 0.05) is 16.6 Å². The van der Waals surface area contributed by atoms with Gasteiger partial charge in [-0.15, -0.1) is 12.4 Å². The van der Waals surface area contributed by atoms with Crippen molar-refractivity contribution in [2.24, 2.45) is 11.7 Å².